The van der Waals surface area contributed by atoms with Crippen molar-refractivity contribution in [2.45, 2.75) is 52.0 Å². The molecule has 1 saturated carbocycles. The van der Waals surface area contributed by atoms with Crippen LogP contribution in [0.5, 0.6) is 0 Å². The van der Waals surface area contributed by atoms with E-state index in [2.05, 4.69) is 13.8 Å². The maximum absolute atomic E-state index is 6.04. The van der Waals surface area contributed by atoms with Gasteiger partial charge in [0, 0.05) is 6.04 Å². The molecule has 1 fully saturated rings. The van der Waals surface area contributed by atoms with Crippen LogP contribution in [0, 0.1) is 11.8 Å². The Balaban J connectivity index is 2.10. The Morgan fingerprint density at radius 1 is 1.45 bits per heavy atom. The fourth-order valence-corrected chi connectivity index (χ4v) is 1.64. The third kappa shape index (κ3) is 3.24. The molecular formula is C10H21N. The molecule has 1 aliphatic carbocycles. The highest BCUT2D eigenvalue weighted by Crippen LogP contribution is 2.34. The molecule has 11 heavy (non-hydrogen) atoms. The summed E-state index contributed by atoms with van der Waals surface area (Å²) in [6, 6.07) is 0.474. The van der Waals surface area contributed by atoms with Crippen molar-refractivity contribution in [2.24, 2.45) is 17.6 Å². The molecule has 0 aromatic heterocycles. The first-order valence-electron chi connectivity index (χ1n) is 4.99. The molecule has 0 aromatic rings. The molecule has 1 nitrogen and oxygen atoms in total. The largest absolute Gasteiger partial charge is 0.327 e. The lowest BCUT2D eigenvalue weighted by molar-refractivity contribution is 0.388. The van der Waals surface area contributed by atoms with Crippen LogP contribution in [-0.2, 0) is 0 Å². The van der Waals surface area contributed by atoms with Gasteiger partial charge in [0.1, 0.15) is 0 Å². The van der Waals surface area contributed by atoms with E-state index in [1.165, 1.54) is 32.1 Å². The minimum Gasteiger partial charge on any atom is -0.327 e. The van der Waals surface area contributed by atoms with Crippen LogP contribution in [0.15, 0.2) is 0 Å². The topological polar surface area (TPSA) is 26.0 Å². The summed E-state index contributed by atoms with van der Waals surface area (Å²) in [7, 11) is 0. The molecular weight excluding hydrogens is 134 g/mol. The van der Waals surface area contributed by atoms with Gasteiger partial charge in [0.15, 0.2) is 0 Å². The molecule has 2 atom stereocenters. The molecule has 1 aliphatic rings. The summed E-state index contributed by atoms with van der Waals surface area (Å²) in [5.74, 6) is 1.73. The molecule has 0 spiro atoms. The Morgan fingerprint density at radius 3 is 2.55 bits per heavy atom. The third-order valence-corrected chi connectivity index (χ3v) is 2.78. The smallest absolute Gasteiger partial charge is 0.00671 e. The predicted octanol–water partition coefficient (Wildman–Crippen LogP) is 2.55. The highest BCUT2D eigenvalue weighted by molar-refractivity contribution is 4.80. The first-order valence-corrected chi connectivity index (χ1v) is 4.99. The molecule has 0 bridgehead atoms. The van der Waals surface area contributed by atoms with Crippen LogP contribution in [0.25, 0.3) is 0 Å². The van der Waals surface area contributed by atoms with Gasteiger partial charge >= 0.3 is 0 Å². The zero-order valence-corrected chi connectivity index (χ0v) is 7.84. The van der Waals surface area contributed by atoms with E-state index < -0.39 is 0 Å². The summed E-state index contributed by atoms with van der Waals surface area (Å²) in [6.45, 7) is 4.52. The maximum Gasteiger partial charge on any atom is 0.00671 e. The second-order valence-electron chi connectivity index (χ2n) is 4.11. The van der Waals surface area contributed by atoms with Crippen molar-refractivity contribution in [1.29, 1.82) is 0 Å². The van der Waals surface area contributed by atoms with Crippen molar-refractivity contribution in [2.75, 3.05) is 0 Å². The Bertz CT molecular complexity index is 107. The van der Waals surface area contributed by atoms with Crippen molar-refractivity contribution in [1.82, 2.24) is 0 Å². The van der Waals surface area contributed by atoms with Gasteiger partial charge in [-0.1, -0.05) is 33.1 Å². The van der Waals surface area contributed by atoms with E-state index >= 15 is 0 Å². The second-order valence-corrected chi connectivity index (χ2v) is 4.11. The van der Waals surface area contributed by atoms with Gasteiger partial charge < -0.3 is 5.73 Å². The Kier molecular flexibility index (Phi) is 3.38. The molecule has 0 aliphatic heterocycles. The van der Waals surface area contributed by atoms with Crippen LogP contribution in [0.2, 0.25) is 0 Å². The summed E-state index contributed by atoms with van der Waals surface area (Å²) in [4.78, 5) is 0. The minimum atomic E-state index is 0.474. The lowest BCUT2D eigenvalue weighted by Crippen LogP contribution is -2.28. The van der Waals surface area contributed by atoms with E-state index in [-0.39, 0.29) is 0 Å². The standard InChI is InChI=1S/C10H21N/c1-3-4-8(2)10(11)7-9-5-6-9/h8-10H,3-7,11H2,1-2H3. The average molecular weight is 155 g/mol. The van der Waals surface area contributed by atoms with Gasteiger partial charge in [0.2, 0.25) is 0 Å². The van der Waals surface area contributed by atoms with E-state index in [0.717, 1.165) is 11.8 Å². The van der Waals surface area contributed by atoms with Crippen LogP contribution in [-0.4, -0.2) is 6.04 Å². The van der Waals surface area contributed by atoms with Gasteiger partial charge in [-0.15, -0.1) is 0 Å². The molecule has 1 rings (SSSR count). The van der Waals surface area contributed by atoms with Crippen molar-refractivity contribution in [3.8, 4) is 0 Å². The maximum atomic E-state index is 6.04. The molecule has 2 unspecified atom stereocenters. The Morgan fingerprint density at radius 2 is 2.09 bits per heavy atom. The van der Waals surface area contributed by atoms with E-state index in [1.54, 1.807) is 0 Å². The van der Waals surface area contributed by atoms with Crippen molar-refractivity contribution < 1.29 is 0 Å². The van der Waals surface area contributed by atoms with E-state index in [9.17, 15) is 0 Å². The Hall–Kier alpha value is -0.0400. The zero-order valence-electron chi connectivity index (χ0n) is 7.84. The first-order chi connectivity index (χ1) is 5.24. The summed E-state index contributed by atoms with van der Waals surface area (Å²) in [5, 5.41) is 0. The molecule has 66 valence electrons. The normalized spacial score (nSPS) is 23.2. The lowest BCUT2D eigenvalue weighted by Gasteiger charge is -2.18. The van der Waals surface area contributed by atoms with Gasteiger partial charge in [-0.05, 0) is 24.7 Å². The summed E-state index contributed by atoms with van der Waals surface area (Å²) in [6.07, 6.45) is 6.73. The van der Waals surface area contributed by atoms with E-state index in [0.29, 0.717) is 6.04 Å². The van der Waals surface area contributed by atoms with Crippen molar-refractivity contribution in [3.63, 3.8) is 0 Å². The molecule has 2 N–H and O–H groups in total. The van der Waals surface area contributed by atoms with Gasteiger partial charge in [0.05, 0.1) is 0 Å². The van der Waals surface area contributed by atoms with Crippen LogP contribution in [0.4, 0.5) is 0 Å². The molecule has 0 aromatic carbocycles. The predicted molar refractivity (Wildman–Crippen MR) is 49.4 cm³/mol. The minimum absolute atomic E-state index is 0.474. The van der Waals surface area contributed by atoms with E-state index in [1.807, 2.05) is 0 Å². The molecule has 0 radical (unpaired) electrons. The average Bonchev–Trinajstić information content (AvgIpc) is 2.72. The molecule has 0 saturated heterocycles. The number of rotatable bonds is 5. The van der Waals surface area contributed by atoms with Crippen LogP contribution < -0.4 is 5.73 Å². The van der Waals surface area contributed by atoms with Crippen LogP contribution >= 0.6 is 0 Å². The second kappa shape index (κ2) is 4.10. The van der Waals surface area contributed by atoms with Crippen LogP contribution in [0.1, 0.15) is 46.0 Å². The van der Waals surface area contributed by atoms with Crippen molar-refractivity contribution in [3.05, 3.63) is 0 Å². The summed E-state index contributed by atoms with van der Waals surface area (Å²) < 4.78 is 0. The molecule has 0 heterocycles. The highest BCUT2D eigenvalue weighted by Gasteiger charge is 2.25. The summed E-state index contributed by atoms with van der Waals surface area (Å²) in [5.41, 5.74) is 6.04. The Labute approximate surface area is 70.4 Å². The van der Waals surface area contributed by atoms with E-state index in [4.69, 9.17) is 5.73 Å². The quantitative estimate of drug-likeness (QED) is 0.648. The van der Waals surface area contributed by atoms with Crippen LogP contribution in [0.3, 0.4) is 0 Å². The first kappa shape index (κ1) is 9.05. The van der Waals surface area contributed by atoms with Gasteiger partial charge in [0.25, 0.3) is 0 Å². The zero-order chi connectivity index (χ0) is 8.27. The molecule has 0 amide bonds. The van der Waals surface area contributed by atoms with Gasteiger partial charge in [-0.2, -0.15) is 0 Å². The highest BCUT2D eigenvalue weighted by atomic mass is 14.7. The van der Waals surface area contributed by atoms with Gasteiger partial charge in [-0.3, -0.25) is 0 Å². The number of hydrogen-bond acceptors (Lipinski definition) is 1. The van der Waals surface area contributed by atoms with Crippen molar-refractivity contribution >= 4 is 0 Å². The fourth-order valence-electron chi connectivity index (χ4n) is 1.64. The summed E-state index contributed by atoms with van der Waals surface area (Å²) >= 11 is 0. The lowest BCUT2D eigenvalue weighted by atomic mass is 9.94. The molecule has 1 heteroatoms. The van der Waals surface area contributed by atoms with Gasteiger partial charge in [-0.25, -0.2) is 0 Å². The SMILES string of the molecule is CCCC(C)C(N)CC1CC1. The third-order valence-electron chi connectivity index (χ3n) is 2.78. The monoisotopic (exact) mass is 155 g/mol. The number of hydrogen-bond donors (Lipinski definition) is 1. The number of nitrogens with two attached hydrogens (primary N) is 1. The fraction of sp³-hybridized carbons (Fsp3) is 1.00.